The van der Waals surface area contributed by atoms with E-state index in [1.807, 2.05) is 42.5 Å². The third kappa shape index (κ3) is 4.61. The minimum Gasteiger partial charge on any atom is -0.477 e. The van der Waals surface area contributed by atoms with Crippen LogP contribution in [0.25, 0.3) is 32.9 Å². The first-order valence-electron chi connectivity index (χ1n) is 10.4. The van der Waals surface area contributed by atoms with Crippen molar-refractivity contribution >= 4 is 58.5 Å². The fourth-order valence-corrected chi connectivity index (χ4v) is 6.22. The van der Waals surface area contributed by atoms with Crippen LogP contribution in [0.5, 0.6) is 0 Å². The first-order chi connectivity index (χ1) is 16.9. The number of hydrogen-bond acceptors (Lipinski definition) is 6. The second-order valence-electron chi connectivity index (χ2n) is 7.56. The molecule has 0 spiro atoms. The number of halogens is 1. The molecular weight excluding hydrogens is 507 g/mol. The topological polar surface area (TPSA) is 102 Å². The first-order valence-corrected chi connectivity index (χ1v) is 13.2. The quantitative estimate of drug-likeness (QED) is 0.218. The molecule has 2 aromatic carbocycles. The highest BCUT2D eigenvalue weighted by Crippen LogP contribution is 2.48. The number of carboxylic acids is 1. The van der Waals surface area contributed by atoms with Crippen molar-refractivity contribution in [2.75, 3.05) is 12.2 Å². The minimum atomic E-state index is -3.59. The van der Waals surface area contributed by atoms with Gasteiger partial charge in [-0.15, -0.1) is 11.3 Å². The highest BCUT2D eigenvalue weighted by molar-refractivity contribution is 7.68. The van der Waals surface area contributed by atoms with Gasteiger partial charge < -0.3 is 19.1 Å². The minimum absolute atomic E-state index is 0.0265. The highest BCUT2D eigenvalue weighted by atomic mass is 35.5. The number of aromatic nitrogens is 1. The summed E-state index contributed by atoms with van der Waals surface area (Å²) in [5, 5.41) is 13.5. The molecule has 5 aromatic rings. The van der Waals surface area contributed by atoms with Gasteiger partial charge in [-0.2, -0.15) is 0 Å². The Morgan fingerprint density at radius 1 is 1.09 bits per heavy atom. The summed E-state index contributed by atoms with van der Waals surface area (Å²) in [5.74, 6) is -0.442. The number of fused-ring (bicyclic) bond motifs is 1. The van der Waals surface area contributed by atoms with Crippen molar-refractivity contribution in [1.29, 1.82) is 0 Å². The van der Waals surface area contributed by atoms with Gasteiger partial charge in [0.2, 0.25) is 0 Å². The average molecular weight is 525 g/mol. The summed E-state index contributed by atoms with van der Waals surface area (Å²) >= 11 is 7.02. The van der Waals surface area contributed by atoms with Gasteiger partial charge in [-0.25, -0.2) is 4.79 Å². The molecule has 3 aromatic heterocycles. The molecule has 7 nitrogen and oxygen atoms in total. The van der Waals surface area contributed by atoms with Crippen LogP contribution in [-0.2, 0) is 9.09 Å². The number of rotatable bonds is 7. The zero-order chi connectivity index (χ0) is 24.6. The van der Waals surface area contributed by atoms with E-state index in [9.17, 15) is 14.5 Å². The lowest BCUT2D eigenvalue weighted by Crippen LogP contribution is -2.13. The van der Waals surface area contributed by atoms with Crippen LogP contribution >= 0.6 is 30.5 Å². The summed E-state index contributed by atoms with van der Waals surface area (Å²) in [6, 6.07) is 21.1. The summed E-state index contributed by atoms with van der Waals surface area (Å²) < 4.78 is 24.7. The van der Waals surface area contributed by atoms with Crippen LogP contribution in [0.1, 0.15) is 9.67 Å². The number of nitrogens with one attached hydrogen (secondary N) is 1. The van der Waals surface area contributed by atoms with Gasteiger partial charge >= 0.3 is 13.5 Å². The Morgan fingerprint density at radius 3 is 2.46 bits per heavy atom. The molecule has 35 heavy (non-hydrogen) atoms. The largest absolute Gasteiger partial charge is 0.477 e. The van der Waals surface area contributed by atoms with Gasteiger partial charge in [0, 0.05) is 34.8 Å². The van der Waals surface area contributed by atoms with E-state index in [2.05, 4.69) is 10.1 Å². The molecular formula is C25H18ClN2O5PS. The molecule has 0 aliphatic rings. The summed E-state index contributed by atoms with van der Waals surface area (Å²) in [6.07, 6.45) is 1.71. The van der Waals surface area contributed by atoms with Gasteiger partial charge in [-0.05, 0) is 48.0 Å². The number of carbonyl (C=O) groups is 1. The number of thiophene rings is 1. The number of pyridine rings is 1. The molecule has 0 amide bonds. The summed E-state index contributed by atoms with van der Waals surface area (Å²) in [5.41, 5.74) is 3.36. The standard InChI is InChI=1S/C25H18ClN2O5PS/c1-32-34(31,18-10-8-17(26)9-11-18)28-20-14-23(35-24(20)25(29)30)16-6-4-15(5-7-16)22-13-19-21(33-22)3-2-12-27-19/h2-14H,1H3,(H,28,31)(H,29,30). The average Bonchev–Trinajstić information content (AvgIpc) is 3.49. The number of aromatic carboxylic acids is 1. The van der Waals surface area contributed by atoms with Crippen molar-refractivity contribution in [3.05, 3.63) is 88.9 Å². The Labute approximate surface area is 209 Å². The molecule has 176 valence electrons. The molecule has 0 saturated carbocycles. The second-order valence-corrected chi connectivity index (χ2v) is 11.3. The maximum absolute atomic E-state index is 13.5. The van der Waals surface area contributed by atoms with Crippen molar-refractivity contribution < 1.29 is 23.4 Å². The normalized spacial score (nSPS) is 13.0. The predicted molar refractivity (Wildman–Crippen MR) is 139 cm³/mol. The van der Waals surface area contributed by atoms with E-state index in [1.54, 1.807) is 36.5 Å². The van der Waals surface area contributed by atoms with Crippen molar-refractivity contribution in [3.8, 4) is 21.8 Å². The number of hydrogen-bond donors (Lipinski definition) is 2. The number of carboxylic acid groups (broad SMARTS) is 1. The van der Waals surface area contributed by atoms with Gasteiger partial charge in [0.25, 0.3) is 0 Å². The molecule has 2 N–H and O–H groups in total. The van der Waals surface area contributed by atoms with Crippen LogP contribution in [0.15, 0.2) is 83.4 Å². The van der Waals surface area contributed by atoms with E-state index in [-0.39, 0.29) is 10.6 Å². The second kappa shape index (κ2) is 9.32. The van der Waals surface area contributed by atoms with E-state index < -0.39 is 13.5 Å². The predicted octanol–water partition coefficient (Wildman–Crippen LogP) is 7.15. The first kappa shape index (κ1) is 23.3. The highest BCUT2D eigenvalue weighted by Gasteiger charge is 2.28. The van der Waals surface area contributed by atoms with E-state index in [4.69, 9.17) is 20.5 Å². The number of furan rings is 1. The SMILES string of the molecule is COP(=O)(Nc1cc(-c2ccc(-c3cc4ncccc4o3)cc2)sc1C(=O)O)c1ccc(Cl)cc1. The summed E-state index contributed by atoms with van der Waals surface area (Å²) in [6.45, 7) is 0. The third-order valence-electron chi connectivity index (χ3n) is 5.36. The van der Waals surface area contributed by atoms with Crippen molar-refractivity contribution in [2.45, 2.75) is 0 Å². The molecule has 1 unspecified atom stereocenters. The van der Waals surface area contributed by atoms with Crippen LogP contribution in [0, 0.1) is 0 Å². The van der Waals surface area contributed by atoms with Crippen LogP contribution in [-0.4, -0.2) is 23.2 Å². The Hall–Kier alpha value is -3.42. The van der Waals surface area contributed by atoms with Gasteiger partial charge in [0.05, 0.1) is 11.0 Å². The molecule has 0 fully saturated rings. The van der Waals surface area contributed by atoms with Crippen LogP contribution in [0.2, 0.25) is 5.02 Å². The molecule has 0 saturated heterocycles. The fourth-order valence-electron chi connectivity index (χ4n) is 3.60. The fraction of sp³-hybridized carbons (Fsp3) is 0.0400. The zero-order valence-electron chi connectivity index (χ0n) is 18.3. The van der Waals surface area contributed by atoms with Crippen LogP contribution in [0.4, 0.5) is 5.69 Å². The number of benzene rings is 2. The maximum atomic E-state index is 13.5. The molecule has 5 rings (SSSR count). The van der Waals surface area contributed by atoms with Gasteiger partial charge in [0.15, 0.2) is 5.58 Å². The van der Waals surface area contributed by atoms with Crippen LogP contribution in [0.3, 0.4) is 0 Å². The summed E-state index contributed by atoms with van der Waals surface area (Å²) in [7, 11) is -2.28. The van der Waals surface area contributed by atoms with E-state index >= 15 is 0 Å². The maximum Gasteiger partial charge on any atom is 0.348 e. The zero-order valence-corrected chi connectivity index (χ0v) is 20.7. The smallest absolute Gasteiger partial charge is 0.348 e. The van der Waals surface area contributed by atoms with E-state index in [0.29, 0.717) is 26.5 Å². The molecule has 10 heteroatoms. The number of nitrogens with zero attached hydrogens (tertiary/aromatic N) is 1. The summed E-state index contributed by atoms with van der Waals surface area (Å²) in [4.78, 5) is 17.0. The molecule has 3 heterocycles. The van der Waals surface area contributed by atoms with E-state index in [1.165, 1.54) is 7.11 Å². The molecule has 0 aliphatic heterocycles. The third-order valence-corrected chi connectivity index (χ3v) is 8.81. The molecule has 0 radical (unpaired) electrons. The lowest BCUT2D eigenvalue weighted by Gasteiger charge is -2.18. The number of anilines is 1. The van der Waals surface area contributed by atoms with E-state index in [0.717, 1.165) is 28.0 Å². The monoisotopic (exact) mass is 524 g/mol. The molecule has 0 aliphatic carbocycles. The van der Waals surface area contributed by atoms with Gasteiger partial charge in [-0.3, -0.25) is 9.55 Å². The van der Waals surface area contributed by atoms with Crippen molar-refractivity contribution in [2.24, 2.45) is 0 Å². The van der Waals surface area contributed by atoms with Crippen molar-refractivity contribution in [3.63, 3.8) is 0 Å². The Morgan fingerprint density at radius 2 is 1.80 bits per heavy atom. The lowest BCUT2D eigenvalue weighted by atomic mass is 10.1. The molecule has 0 bridgehead atoms. The van der Waals surface area contributed by atoms with Crippen molar-refractivity contribution in [1.82, 2.24) is 4.98 Å². The van der Waals surface area contributed by atoms with Crippen LogP contribution < -0.4 is 10.4 Å². The molecule has 1 atom stereocenters. The lowest BCUT2D eigenvalue weighted by molar-refractivity contribution is 0.0703. The van der Waals surface area contributed by atoms with Gasteiger partial charge in [0.1, 0.15) is 16.2 Å². The Kier molecular flexibility index (Phi) is 6.21. The Balaban J connectivity index is 1.46. The Bertz CT molecular complexity index is 1550. The van der Waals surface area contributed by atoms with Gasteiger partial charge in [-0.1, -0.05) is 35.9 Å².